The molecular formula is C13H20Cl2N2O2. The molecule has 0 spiro atoms. The van der Waals surface area contributed by atoms with E-state index in [1.807, 2.05) is 12.1 Å². The van der Waals surface area contributed by atoms with Gasteiger partial charge in [0.15, 0.2) is 0 Å². The molecule has 19 heavy (non-hydrogen) atoms. The van der Waals surface area contributed by atoms with Crippen molar-refractivity contribution in [3.05, 3.63) is 35.4 Å². The standard InChI is InChI=1S/C13H18N2O2.2ClH/c1-17-13(16)12-4-2-3-11(9-12)10-15-7-5-14-6-8-15;;/h2-4,9,14H,5-8,10H2,1H3;2*1H. The van der Waals surface area contributed by atoms with Crippen LogP contribution in [0.1, 0.15) is 15.9 Å². The predicted octanol–water partition coefficient (Wildman–Crippen LogP) is 1.72. The molecule has 1 fully saturated rings. The minimum Gasteiger partial charge on any atom is -0.465 e. The summed E-state index contributed by atoms with van der Waals surface area (Å²) in [5.74, 6) is -0.271. The summed E-state index contributed by atoms with van der Waals surface area (Å²) < 4.78 is 4.72. The van der Waals surface area contributed by atoms with E-state index in [2.05, 4.69) is 16.3 Å². The van der Waals surface area contributed by atoms with Crippen molar-refractivity contribution < 1.29 is 9.53 Å². The summed E-state index contributed by atoms with van der Waals surface area (Å²) in [5.41, 5.74) is 1.79. The Morgan fingerprint density at radius 2 is 2.00 bits per heavy atom. The quantitative estimate of drug-likeness (QED) is 0.864. The molecule has 0 bridgehead atoms. The molecule has 0 radical (unpaired) electrons. The molecular weight excluding hydrogens is 287 g/mol. The molecule has 1 aliphatic heterocycles. The van der Waals surface area contributed by atoms with Crippen LogP contribution in [0.15, 0.2) is 24.3 Å². The van der Waals surface area contributed by atoms with Crippen molar-refractivity contribution in [1.82, 2.24) is 10.2 Å². The molecule has 1 saturated heterocycles. The number of nitrogens with zero attached hydrogens (tertiary/aromatic N) is 1. The molecule has 1 aromatic rings. The molecule has 0 atom stereocenters. The third kappa shape index (κ3) is 5.37. The van der Waals surface area contributed by atoms with Gasteiger partial charge in [0.2, 0.25) is 0 Å². The Balaban J connectivity index is 0.00000162. The Morgan fingerprint density at radius 3 is 2.63 bits per heavy atom. The fourth-order valence-electron chi connectivity index (χ4n) is 2.04. The van der Waals surface area contributed by atoms with Crippen molar-refractivity contribution in [3.63, 3.8) is 0 Å². The molecule has 6 heteroatoms. The maximum Gasteiger partial charge on any atom is 0.337 e. The van der Waals surface area contributed by atoms with Crippen LogP contribution in [0.2, 0.25) is 0 Å². The number of carbonyl (C=O) groups excluding carboxylic acids is 1. The molecule has 1 aliphatic rings. The Kier molecular flexibility index (Phi) is 8.76. The van der Waals surface area contributed by atoms with Gasteiger partial charge in [0.1, 0.15) is 0 Å². The molecule has 1 N–H and O–H groups in total. The van der Waals surface area contributed by atoms with Gasteiger partial charge in [-0.3, -0.25) is 4.90 Å². The summed E-state index contributed by atoms with van der Waals surface area (Å²) >= 11 is 0. The van der Waals surface area contributed by atoms with Gasteiger partial charge in [0, 0.05) is 32.7 Å². The van der Waals surface area contributed by atoms with Crippen molar-refractivity contribution in [3.8, 4) is 0 Å². The second-order valence-corrected chi connectivity index (χ2v) is 4.22. The second-order valence-electron chi connectivity index (χ2n) is 4.22. The molecule has 0 aromatic heterocycles. The summed E-state index contributed by atoms with van der Waals surface area (Å²) in [4.78, 5) is 13.8. The lowest BCUT2D eigenvalue weighted by Crippen LogP contribution is -2.42. The van der Waals surface area contributed by atoms with Crippen LogP contribution in [-0.4, -0.2) is 44.2 Å². The molecule has 0 saturated carbocycles. The van der Waals surface area contributed by atoms with E-state index in [0.717, 1.165) is 38.3 Å². The van der Waals surface area contributed by atoms with Crippen molar-refractivity contribution >= 4 is 30.8 Å². The highest BCUT2D eigenvalue weighted by molar-refractivity contribution is 5.89. The van der Waals surface area contributed by atoms with Crippen LogP contribution in [0, 0.1) is 0 Å². The maximum atomic E-state index is 11.4. The smallest absolute Gasteiger partial charge is 0.337 e. The number of esters is 1. The lowest BCUT2D eigenvalue weighted by Gasteiger charge is -2.27. The van der Waals surface area contributed by atoms with Gasteiger partial charge in [-0.2, -0.15) is 0 Å². The molecule has 2 rings (SSSR count). The fraction of sp³-hybridized carbons (Fsp3) is 0.462. The summed E-state index contributed by atoms with van der Waals surface area (Å²) in [7, 11) is 1.41. The van der Waals surface area contributed by atoms with Gasteiger partial charge < -0.3 is 10.1 Å². The van der Waals surface area contributed by atoms with Crippen molar-refractivity contribution in [2.75, 3.05) is 33.3 Å². The fourth-order valence-corrected chi connectivity index (χ4v) is 2.04. The Hall–Kier alpha value is -0.810. The van der Waals surface area contributed by atoms with Crippen molar-refractivity contribution in [2.45, 2.75) is 6.54 Å². The Bertz CT molecular complexity index is 396. The number of rotatable bonds is 3. The summed E-state index contributed by atoms with van der Waals surface area (Å²) in [6.45, 7) is 5.09. The average molecular weight is 307 g/mol. The molecule has 0 aliphatic carbocycles. The number of hydrogen-bond donors (Lipinski definition) is 1. The second kappa shape index (κ2) is 9.15. The monoisotopic (exact) mass is 306 g/mol. The molecule has 108 valence electrons. The minimum atomic E-state index is -0.271. The van der Waals surface area contributed by atoms with Gasteiger partial charge in [-0.25, -0.2) is 4.79 Å². The average Bonchev–Trinajstić information content (AvgIpc) is 2.39. The normalized spacial score (nSPS) is 15.0. The van der Waals surface area contributed by atoms with Gasteiger partial charge in [-0.15, -0.1) is 24.8 Å². The largest absolute Gasteiger partial charge is 0.465 e. The van der Waals surface area contributed by atoms with E-state index >= 15 is 0 Å². The van der Waals surface area contributed by atoms with Crippen LogP contribution in [0.5, 0.6) is 0 Å². The highest BCUT2D eigenvalue weighted by atomic mass is 35.5. The van der Waals surface area contributed by atoms with Crippen molar-refractivity contribution in [1.29, 1.82) is 0 Å². The number of halogens is 2. The van der Waals surface area contributed by atoms with Crippen LogP contribution in [0.4, 0.5) is 0 Å². The zero-order valence-electron chi connectivity index (χ0n) is 10.9. The number of piperazine rings is 1. The third-order valence-corrected chi connectivity index (χ3v) is 2.96. The zero-order chi connectivity index (χ0) is 12.1. The SMILES string of the molecule is COC(=O)c1cccc(CN2CCNCC2)c1.Cl.Cl. The van der Waals surface area contributed by atoms with Crippen LogP contribution in [-0.2, 0) is 11.3 Å². The van der Waals surface area contributed by atoms with E-state index in [9.17, 15) is 4.79 Å². The third-order valence-electron chi connectivity index (χ3n) is 2.96. The van der Waals surface area contributed by atoms with Gasteiger partial charge in [0.05, 0.1) is 12.7 Å². The number of carbonyl (C=O) groups is 1. The molecule has 1 heterocycles. The first-order valence-corrected chi connectivity index (χ1v) is 5.90. The van der Waals surface area contributed by atoms with Gasteiger partial charge >= 0.3 is 5.97 Å². The number of methoxy groups -OCH3 is 1. The highest BCUT2D eigenvalue weighted by Gasteiger charge is 2.11. The zero-order valence-corrected chi connectivity index (χ0v) is 12.6. The lowest BCUT2D eigenvalue weighted by molar-refractivity contribution is 0.0600. The number of benzene rings is 1. The van der Waals surface area contributed by atoms with E-state index in [1.54, 1.807) is 6.07 Å². The lowest BCUT2D eigenvalue weighted by atomic mass is 10.1. The summed E-state index contributed by atoms with van der Waals surface area (Å²) in [6, 6.07) is 7.65. The van der Waals surface area contributed by atoms with Gasteiger partial charge in [0.25, 0.3) is 0 Å². The van der Waals surface area contributed by atoms with Crippen LogP contribution in [0.25, 0.3) is 0 Å². The number of ether oxygens (including phenoxy) is 1. The highest BCUT2D eigenvalue weighted by Crippen LogP contribution is 2.09. The Morgan fingerprint density at radius 1 is 1.32 bits per heavy atom. The number of nitrogens with one attached hydrogen (secondary N) is 1. The first kappa shape index (κ1) is 18.2. The van der Waals surface area contributed by atoms with Crippen LogP contribution < -0.4 is 5.32 Å². The van der Waals surface area contributed by atoms with Gasteiger partial charge in [-0.1, -0.05) is 12.1 Å². The first-order valence-electron chi connectivity index (χ1n) is 5.90. The first-order chi connectivity index (χ1) is 8.29. The van der Waals surface area contributed by atoms with E-state index in [4.69, 9.17) is 4.74 Å². The molecule has 0 amide bonds. The van der Waals surface area contributed by atoms with E-state index in [-0.39, 0.29) is 30.8 Å². The summed E-state index contributed by atoms with van der Waals surface area (Å²) in [6.07, 6.45) is 0. The molecule has 1 aromatic carbocycles. The maximum absolute atomic E-state index is 11.4. The predicted molar refractivity (Wildman–Crippen MR) is 80.4 cm³/mol. The summed E-state index contributed by atoms with van der Waals surface area (Å²) in [5, 5.41) is 3.32. The molecule has 0 unspecified atom stereocenters. The van der Waals surface area contributed by atoms with E-state index in [1.165, 1.54) is 7.11 Å². The van der Waals surface area contributed by atoms with Crippen molar-refractivity contribution in [2.24, 2.45) is 0 Å². The molecule has 4 nitrogen and oxygen atoms in total. The minimum absolute atomic E-state index is 0. The topological polar surface area (TPSA) is 41.6 Å². The van der Waals surface area contributed by atoms with Gasteiger partial charge in [-0.05, 0) is 17.7 Å². The Labute approximate surface area is 126 Å². The van der Waals surface area contributed by atoms with Crippen LogP contribution in [0.3, 0.4) is 0 Å². The van der Waals surface area contributed by atoms with E-state index in [0.29, 0.717) is 5.56 Å². The number of hydrogen-bond acceptors (Lipinski definition) is 4. The van der Waals surface area contributed by atoms with Crippen LogP contribution >= 0.6 is 24.8 Å². The van der Waals surface area contributed by atoms with E-state index < -0.39 is 0 Å².